The standard InChI is InChI=1S/C21H27NO3/c1-21(2)14-22(12-8-4-5-11-18(23)24)20-16-10-7-6-9-15(16)13-17(25-3)19(20)21/h6-7,9-10,13H,4-5,8,11-12,14H2,1-3H3,(H,23,24). The van der Waals surface area contributed by atoms with Crippen LogP contribution in [0.25, 0.3) is 10.8 Å². The summed E-state index contributed by atoms with van der Waals surface area (Å²) in [5, 5.41) is 11.2. The summed E-state index contributed by atoms with van der Waals surface area (Å²) in [7, 11) is 1.75. The fraction of sp³-hybridized carbons (Fsp3) is 0.476. The van der Waals surface area contributed by atoms with Crippen molar-refractivity contribution in [1.29, 1.82) is 0 Å². The lowest BCUT2D eigenvalue weighted by molar-refractivity contribution is -0.137. The maximum atomic E-state index is 10.7. The van der Waals surface area contributed by atoms with Gasteiger partial charge >= 0.3 is 5.97 Å². The second kappa shape index (κ2) is 6.95. The molecule has 4 heteroatoms. The molecular formula is C21H27NO3. The molecule has 1 aliphatic heterocycles. The fourth-order valence-electron chi connectivity index (χ4n) is 4.03. The molecule has 0 aliphatic carbocycles. The molecule has 134 valence electrons. The van der Waals surface area contributed by atoms with E-state index in [4.69, 9.17) is 9.84 Å². The van der Waals surface area contributed by atoms with Crippen LogP contribution in [0.3, 0.4) is 0 Å². The number of benzene rings is 2. The Labute approximate surface area is 149 Å². The first-order valence-corrected chi connectivity index (χ1v) is 9.01. The van der Waals surface area contributed by atoms with Crippen LogP contribution in [0, 0.1) is 0 Å². The monoisotopic (exact) mass is 341 g/mol. The van der Waals surface area contributed by atoms with Crippen LogP contribution in [0.4, 0.5) is 5.69 Å². The molecular weight excluding hydrogens is 314 g/mol. The van der Waals surface area contributed by atoms with E-state index in [2.05, 4.69) is 49.1 Å². The van der Waals surface area contributed by atoms with Gasteiger partial charge in [-0.1, -0.05) is 44.5 Å². The van der Waals surface area contributed by atoms with Gasteiger partial charge in [0.1, 0.15) is 5.75 Å². The quantitative estimate of drug-likeness (QED) is 0.748. The number of aliphatic carboxylic acids is 1. The zero-order valence-electron chi connectivity index (χ0n) is 15.3. The zero-order chi connectivity index (χ0) is 18.0. The summed E-state index contributed by atoms with van der Waals surface area (Å²) >= 11 is 0. The van der Waals surface area contributed by atoms with Crippen molar-refractivity contribution in [2.24, 2.45) is 0 Å². The van der Waals surface area contributed by atoms with E-state index >= 15 is 0 Å². The minimum atomic E-state index is -0.705. The van der Waals surface area contributed by atoms with Crippen LogP contribution in [0.5, 0.6) is 5.75 Å². The Morgan fingerprint density at radius 3 is 2.72 bits per heavy atom. The Balaban J connectivity index is 1.90. The molecule has 1 aliphatic rings. The number of methoxy groups -OCH3 is 1. The molecule has 4 nitrogen and oxygen atoms in total. The number of nitrogens with zero attached hydrogens (tertiary/aromatic N) is 1. The molecule has 0 spiro atoms. The van der Waals surface area contributed by atoms with Crippen LogP contribution in [-0.2, 0) is 10.2 Å². The average molecular weight is 341 g/mol. The number of unbranched alkanes of at least 4 members (excludes halogenated alkanes) is 2. The Hall–Kier alpha value is -2.23. The van der Waals surface area contributed by atoms with E-state index in [1.54, 1.807) is 7.11 Å². The molecule has 1 heterocycles. The highest BCUT2D eigenvalue weighted by Gasteiger charge is 2.38. The highest BCUT2D eigenvalue weighted by molar-refractivity contribution is 5.99. The smallest absolute Gasteiger partial charge is 0.303 e. The van der Waals surface area contributed by atoms with Gasteiger partial charge in [-0.05, 0) is 24.3 Å². The molecule has 0 aromatic heterocycles. The average Bonchev–Trinajstić information content (AvgIpc) is 2.85. The molecule has 1 N–H and O–H groups in total. The van der Waals surface area contributed by atoms with Crippen LogP contribution in [0.15, 0.2) is 30.3 Å². The lowest BCUT2D eigenvalue weighted by atomic mass is 9.85. The lowest BCUT2D eigenvalue weighted by Crippen LogP contribution is -2.29. The number of hydrogen-bond acceptors (Lipinski definition) is 3. The summed E-state index contributed by atoms with van der Waals surface area (Å²) in [6.45, 7) is 6.46. The van der Waals surface area contributed by atoms with Gasteiger partial charge < -0.3 is 14.7 Å². The third kappa shape index (κ3) is 3.44. The minimum Gasteiger partial charge on any atom is -0.496 e. The second-order valence-electron chi connectivity index (χ2n) is 7.53. The summed E-state index contributed by atoms with van der Waals surface area (Å²) in [6, 6.07) is 10.6. The Kier molecular flexibility index (Phi) is 4.89. The van der Waals surface area contributed by atoms with Gasteiger partial charge in [-0.2, -0.15) is 0 Å². The van der Waals surface area contributed by atoms with Crippen molar-refractivity contribution in [3.63, 3.8) is 0 Å². The normalized spacial score (nSPS) is 15.4. The molecule has 25 heavy (non-hydrogen) atoms. The molecule has 2 aromatic rings. The summed E-state index contributed by atoms with van der Waals surface area (Å²) < 4.78 is 5.73. The number of anilines is 1. The van der Waals surface area contributed by atoms with Crippen LogP contribution in [0.1, 0.15) is 45.1 Å². The van der Waals surface area contributed by atoms with Crippen molar-refractivity contribution in [2.75, 3.05) is 25.1 Å². The number of carbonyl (C=O) groups is 1. The number of hydrogen-bond donors (Lipinski definition) is 1. The molecule has 0 fully saturated rings. The van der Waals surface area contributed by atoms with Crippen LogP contribution in [-0.4, -0.2) is 31.3 Å². The predicted octanol–water partition coefficient (Wildman–Crippen LogP) is 4.59. The van der Waals surface area contributed by atoms with Crippen molar-refractivity contribution >= 4 is 22.4 Å². The number of rotatable bonds is 7. The minimum absolute atomic E-state index is 0.0335. The van der Waals surface area contributed by atoms with E-state index < -0.39 is 5.97 Å². The van der Waals surface area contributed by atoms with Gasteiger partial charge in [0, 0.05) is 35.9 Å². The SMILES string of the molecule is COc1cc2ccccc2c2c1C(C)(C)CN2CCCCCC(=O)O. The first-order chi connectivity index (χ1) is 11.9. The van der Waals surface area contributed by atoms with Gasteiger partial charge in [-0.3, -0.25) is 4.79 Å². The fourth-order valence-corrected chi connectivity index (χ4v) is 4.03. The molecule has 0 amide bonds. The largest absolute Gasteiger partial charge is 0.496 e. The third-order valence-corrected chi connectivity index (χ3v) is 5.10. The molecule has 0 saturated carbocycles. The second-order valence-corrected chi connectivity index (χ2v) is 7.53. The van der Waals surface area contributed by atoms with E-state index in [0.717, 1.165) is 38.1 Å². The Morgan fingerprint density at radius 1 is 1.24 bits per heavy atom. The van der Waals surface area contributed by atoms with Crippen molar-refractivity contribution in [3.05, 3.63) is 35.9 Å². The number of fused-ring (bicyclic) bond motifs is 3. The van der Waals surface area contributed by atoms with Gasteiger partial charge in [0.15, 0.2) is 0 Å². The van der Waals surface area contributed by atoms with Crippen molar-refractivity contribution in [1.82, 2.24) is 0 Å². The van der Waals surface area contributed by atoms with Gasteiger partial charge in [0.2, 0.25) is 0 Å². The highest BCUT2D eigenvalue weighted by atomic mass is 16.5. The molecule has 0 saturated heterocycles. The van der Waals surface area contributed by atoms with E-state index in [1.165, 1.54) is 22.0 Å². The summed E-state index contributed by atoms with van der Waals surface area (Å²) in [6.07, 6.45) is 2.96. The maximum Gasteiger partial charge on any atom is 0.303 e. The third-order valence-electron chi connectivity index (χ3n) is 5.10. The summed E-state index contributed by atoms with van der Waals surface area (Å²) in [4.78, 5) is 13.1. The van der Waals surface area contributed by atoms with Gasteiger partial charge in [-0.25, -0.2) is 0 Å². The molecule has 0 bridgehead atoms. The van der Waals surface area contributed by atoms with E-state index in [-0.39, 0.29) is 11.8 Å². The first-order valence-electron chi connectivity index (χ1n) is 9.01. The van der Waals surface area contributed by atoms with E-state index in [0.29, 0.717) is 0 Å². The first kappa shape index (κ1) is 17.6. The summed E-state index contributed by atoms with van der Waals surface area (Å²) in [5.41, 5.74) is 2.61. The molecule has 0 atom stereocenters. The van der Waals surface area contributed by atoms with Crippen molar-refractivity contribution < 1.29 is 14.6 Å². The van der Waals surface area contributed by atoms with E-state index in [1.807, 2.05) is 0 Å². The van der Waals surface area contributed by atoms with Crippen LogP contribution >= 0.6 is 0 Å². The number of carboxylic acid groups (broad SMARTS) is 1. The maximum absolute atomic E-state index is 10.7. The van der Waals surface area contributed by atoms with Gasteiger partial charge in [0.05, 0.1) is 12.8 Å². The Morgan fingerprint density at radius 2 is 2.00 bits per heavy atom. The van der Waals surface area contributed by atoms with Crippen molar-refractivity contribution in [2.45, 2.75) is 44.9 Å². The molecule has 0 radical (unpaired) electrons. The number of carboxylic acids is 1. The van der Waals surface area contributed by atoms with Gasteiger partial charge in [0.25, 0.3) is 0 Å². The van der Waals surface area contributed by atoms with Crippen molar-refractivity contribution in [3.8, 4) is 5.75 Å². The molecule has 3 rings (SSSR count). The number of ether oxygens (including phenoxy) is 1. The predicted molar refractivity (Wildman–Crippen MR) is 102 cm³/mol. The molecule has 2 aromatic carbocycles. The lowest BCUT2D eigenvalue weighted by Gasteiger charge is -2.22. The van der Waals surface area contributed by atoms with E-state index in [9.17, 15) is 4.79 Å². The van der Waals surface area contributed by atoms with Crippen LogP contribution < -0.4 is 9.64 Å². The van der Waals surface area contributed by atoms with Gasteiger partial charge in [-0.15, -0.1) is 0 Å². The van der Waals surface area contributed by atoms with Crippen LogP contribution in [0.2, 0.25) is 0 Å². The zero-order valence-corrected chi connectivity index (χ0v) is 15.3. The highest BCUT2D eigenvalue weighted by Crippen LogP contribution is 2.49. The Bertz CT molecular complexity index is 782. The topological polar surface area (TPSA) is 49.8 Å². The molecule has 0 unspecified atom stereocenters. The summed E-state index contributed by atoms with van der Waals surface area (Å²) in [5.74, 6) is 0.260.